The number of rotatable bonds is 1. The Morgan fingerprint density at radius 1 is 1.56 bits per heavy atom. The molecule has 1 heterocycles. The van der Waals surface area contributed by atoms with Gasteiger partial charge in [0.15, 0.2) is 0 Å². The molecule has 0 radical (unpaired) electrons. The van der Waals surface area contributed by atoms with E-state index in [2.05, 4.69) is 0 Å². The maximum absolute atomic E-state index is 12.2. The summed E-state index contributed by atoms with van der Waals surface area (Å²) in [5, 5.41) is 8.39. The van der Waals surface area contributed by atoms with Crippen molar-refractivity contribution in [3.8, 4) is 0 Å². The Bertz CT molecular complexity index is 107. The van der Waals surface area contributed by atoms with Gasteiger partial charge in [-0.3, -0.25) is 4.90 Å². The zero-order chi connectivity index (χ0) is 6.91. The van der Waals surface area contributed by atoms with Crippen LogP contribution in [0.15, 0.2) is 0 Å². The van der Waals surface area contributed by atoms with Gasteiger partial charge >= 0.3 is 0 Å². The van der Waals surface area contributed by atoms with Gasteiger partial charge < -0.3 is 5.11 Å². The van der Waals surface area contributed by atoms with Crippen LogP contribution in [0, 0.1) is 0 Å². The average Bonchev–Trinajstić information content (AvgIpc) is 2.10. The van der Waals surface area contributed by atoms with E-state index in [4.69, 9.17) is 5.11 Å². The fourth-order valence-corrected chi connectivity index (χ4v) is 0.928. The molecule has 1 aliphatic rings. The third kappa shape index (κ3) is 1.59. The zero-order valence-electron chi connectivity index (χ0n) is 4.98. The van der Waals surface area contributed by atoms with Gasteiger partial charge in [0.2, 0.25) is 0 Å². The van der Waals surface area contributed by atoms with Gasteiger partial charge in [0.05, 0.1) is 13.3 Å². The van der Waals surface area contributed by atoms with Crippen molar-refractivity contribution in [1.82, 2.24) is 4.90 Å². The van der Waals surface area contributed by atoms with Gasteiger partial charge in [0.25, 0.3) is 5.92 Å². The highest BCUT2D eigenvalue weighted by molar-refractivity contribution is 4.79. The van der Waals surface area contributed by atoms with Crippen LogP contribution in [0.4, 0.5) is 8.78 Å². The topological polar surface area (TPSA) is 23.5 Å². The molecule has 1 aliphatic heterocycles. The van der Waals surface area contributed by atoms with E-state index in [1.165, 1.54) is 4.90 Å². The summed E-state index contributed by atoms with van der Waals surface area (Å²) in [6.45, 7) is -0.234. The van der Waals surface area contributed by atoms with Crippen LogP contribution >= 0.6 is 0 Å². The Hall–Kier alpha value is -0.220. The lowest BCUT2D eigenvalue weighted by atomic mass is 10.3. The van der Waals surface area contributed by atoms with Crippen LogP contribution in [-0.4, -0.2) is 35.7 Å². The second kappa shape index (κ2) is 2.19. The number of hydrogen-bond donors (Lipinski definition) is 1. The molecule has 0 aromatic heterocycles. The SMILES string of the molecule is OCN1CCC(F)(F)C1. The molecule has 0 amide bonds. The van der Waals surface area contributed by atoms with E-state index in [-0.39, 0.29) is 19.7 Å². The molecule has 0 saturated carbocycles. The molecule has 0 spiro atoms. The van der Waals surface area contributed by atoms with Crippen LogP contribution in [-0.2, 0) is 0 Å². The molecule has 0 aromatic rings. The quantitative estimate of drug-likeness (QED) is 0.561. The molecule has 0 unspecified atom stereocenters. The van der Waals surface area contributed by atoms with Crippen molar-refractivity contribution < 1.29 is 13.9 Å². The normalized spacial score (nSPS) is 27.0. The first-order chi connectivity index (χ1) is 4.14. The molecule has 0 atom stereocenters. The monoisotopic (exact) mass is 137 g/mol. The molecule has 54 valence electrons. The van der Waals surface area contributed by atoms with Crippen molar-refractivity contribution in [2.24, 2.45) is 0 Å². The molecule has 1 saturated heterocycles. The second-order valence-electron chi connectivity index (χ2n) is 2.30. The molecule has 9 heavy (non-hydrogen) atoms. The Labute approximate surface area is 52.1 Å². The number of aliphatic hydroxyl groups excluding tert-OH is 1. The first-order valence-electron chi connectivity index (χ1n) is 2.85. The van der Waals surface area contributed by atoms with Gasteiger partial charge in [-0.15, -0.1) is 0 Å². The highest BCUT2D eigenvalue weighted by Crippen LogP contribution is 2.25. The summed E-state index contributed by atoms with van der Waals surface area (Å²) < 4.78 is 24.5. The van der Waals surface area contributed by atoms with E-state index >= 15 is 0 Å². The lowest BCUT2D eigenvalue weighted by Crippen LogP contribution is -2.25. The van der Waals surface area contributed by atoms with Crippen LogP contribution in [0.25, 0.3) is 0 Å². The summed E-state index contributed by atoms with van der Waals surface area (Å²) in [5.74, 6) is -2.57. The van der Waals surface area contributed by atoms with E-state index < -0.39 is 5.92 Å². The van der Waals surface area contributed by atoms with Crippen LogP contribution in [0.5, 0.6) is 0 Å². The third-order valence-electron chi connectivity index (χ3n) is 1.45. The minimum absolute atomic E-state index is 0.117. The van der Waals surface area contributed by atoms with Gasteiger partial charge in [-0.1, -0.05) is 0 Å². The summed E-state index contributed by atoms with van der Waals surface area (Å²) in [7, 11) is 0. The predicted molar refractivity (Wildman–Crippen MR) is 28.2 cm³/mol. The van der Waals surface area contributed by atoms with Crippen LogP contribution in [0.3, 0.4) is 0 Å². The van der Waals surface area contributed by atoms with Crippen molar-refractivity contribution in [2.75, 3.05) is 19.8 Å². The maximum atomic E-state index is 12.2. The Morgan fingerprint density at radius 2 is 2.22 bits per heavy atom. The lowest BCUT2D eigenvalue weighted by Gasteiger charge is -2.10. The summed E-state index contributed by atoms with van der Waals surface area (Å²) in [4.78, 5) is 1.32. The zero-order valence-corrected chi connectivity index (χ0v) is 4.98. The highest BCUT2D eigenvalue weighted by Gasteiger charge is 2.37. The van der Waals surface area contributed by atoms with Crippen molar-refractivity contribution in [3.63, 3.8) is 0 Å². The van der Waals surface area contributed by atoms with Gasteiger partial charge in [-0.2, -0.15) is 0 Å². The van der Waals surface area contributed by atoms with E-state index in [1.807, 2.05) is 0 Å². The fourth-order valence-electron chi connectivity index (χ4n) is 0.928. The molecule has 1 fully saturated rings. The molecule has 2 nitrogen and oxygen atoms in total. The maximum Gasteiger partial charge on any atom is 0.261 e. The standard InChI is InChI=1S/C5H9F2NO/c6-5(7)1-2-8(3-5)4-9/h9H,1-4H2. The number of nitrogens with zero attached hydrogens (tertiary/aromatic N) is 1. The molecular weight excluding hydrogens is 128 g/mol. The average molecular weight is 137 g/mol. The minimum atomic E-state index is -2.57. The molecule has 0 aromatic carbocycles. The molecule has 0 bridgehead atoms. The smallest absolute Gasteiger partial charge is 0.261 e. The van der Waals surface area contributed by atoms with Crippen molar-refractivity contribution in [1.29, 1.82) is 0 Å². The molecule has 4 heteroatoms. The first-order valence-corrected chi connectivity index (χ1v) is 2.85. The summed E-state index contributed by atoms with van der Waals surface area (Å²) in [6.07, 6.45) is -0.117. The molecular formula is C5H9F2NO. The number of aliphatic hydroxyl groups is 1. The van der Waals surface area contributed by atoms with Crippen LogP contribution in [0.1, 0.15) is 6.42 Å². The minimum Gasteiger partial charge on any atom is -0.381 e. The molecule has 1 N–H and O–H groups in total. The number of hydrogen-bond acceptors (Lipinski definition) is 2. The van der Waals surface area contributed by atoms with Crippen molar-refractivity contribution in [2.45, 2.75) is 12.3 Å². The van der Waals surface area contributed by atoms with E-state index in [1.54, 1.807) is 0 Å². The third-order valence-corrected chi connectivity index (χ3v) is 1.45. The highest BCUT2D eigenvalue weighted by atomic mass is 19.3. The van der Waals surface area contributed by atoms with E-state index in [9.17, 15) is 8.78 Å². The Morgan fingerprint density at radius 3 is 2.44 bits per heavy atom. The molecule has 0 aliphatic carbocycles. The molecule has 1 rings (SSSR count). The van der Waals surface area contributed by atoms with Crippen LogP contribution in [0.2, 0.25) is 0 Å². The number of likely N-dealkylation sites (tertiary alicyclic amines) is 1. The largest absolute Gasteiger partial charge is 0.381 e. The van der Waals surface area contributed by atoms with Gasteiger partial charge in [0.1, 0.15) is 0 Å². The lowest BCUT2D eigenvalue weighted by molar-refractivity contribution is 0.00183. The predicted octanol–water partition coefficient (Wildman–Crippen LogP) is 0.277. The van der Waals surface area contributed by atoms with E-state index in [0.717, 1.165) is 0 Å². The second-order valence-corrected chi connectivity index (χ2v) is 2.30. The van der Waals surface area contributed by atoms with Crippen LogP contribution < -0.4 is 0 Å². The summed E-state index contributed by atoms with van der Waals surface area (Å²) in [5.41, 5.74) is 0. The Kier molecular flexibility index (Phi) is 1.68. The van der Waals surface area contributed by atoms with E-state index in [0.29, 0.717) is 6.54 Å². The Balaban J connectivity index is 2.38. The summed E-state index contributed by atoms with van der Waals surface area (Å²) in [6, 6.07) is 0. The fraction of sp³-hybridized carbons (Fsp3) is 1.00. The van der Waals surface area contributed by atoms with Gasteiger partial charge in [-0.25, -0.2) is 8.78 Å². The number of halogens is 2. The summed E-state index contributed by atoms with van der Waals surface area (Å²) >= 11 is 0. The van der Waals surface area contributed by atoms with Crippen molar-refractivity contribution in [3.05, 3.63) is 0 Å². The van der Waals surface area contributed by atoms with Crippen molar-refractivity contribution >= 4 is 0 Å². The van der Waals surface area contributed by atoms with Gasteiger partial charge in [-0.05, 0) is 0 Å². The first kappa shape index (κ1) is 6.89. The van der Waals surface area contributed by atoms with Gasteiger partial charge in [0, 0.05) is 13.0 Å². The number of alkyl halides is 2.